The molecule has 8 N–H and O–H groups in total. The Morgan fingerprint density at radius 3 is 0.571 bits per heavy atom. The molecule has 0 rings (SSSR count). The second-order valence-electron chi connectivity index (χ2n) is 3.28. The molecule has 9 heteroatoms. The van der Waals surface area contributed by atoms with Crippen LogP contribution in [0.5, 0.6) is 0 Å². The molecule has 0 saturated heterocycles. The minimum atomic E-state index is -0.245. The van der Waals surface area contributed by atoms with Crippen LogP contribution in [0.3, 0.4) is 0 Å². The summed E-state index contributed by atoms with van der Waals surface area (Å²) < 4.78 is 0. The maximum atomic E-state index is 9.59. The van der Waals surface area contributed by atoms with Crippen LogP contribution < -0.4 is 22.9 Å². The van der Waals surface area contributed by atoms with Gasteiger partial charge in [-0.3, -0.25) is 19.2 Å². The summed E-state index contributed by atoms with van der Waals surface area (Å²) in [6.07, 6.45) is 1.78. The number of primary amides is 4. The van der Waals surface area contributed by atoms with Gasteiger partial charge >= 0.3 is 0 Å². The number of carbonyl (C=O) groups excluding carboxylic acids is 4. The minimum Gasteiger partial charge on any atom is -0.370 e. The first kappa shape index (κ1) is 31.9. The van der Waals surface area contributed by atoms with E-state index < -0.39 is 0 Å². The van der Waals surface area contributed by atoms with Gasteiger partial charge in [0.05, 0.1) is 0 Å². The first-order chi connectivity index (χ1) is 9.08. The van der Waals surface area contributed by atoms with Gasteiger partial charge in [0.25, 0.3) is 0 Å². The van der Waals surface area contributed by atoms with Gasteiger partial charge in [0.2, 0.25) is 23.6 Å². The van der Waals surface area contributed by atoms with Crippen LogP contribution in [0.4, 0.5) is 0 Å². The van der Waals surface area contributed by atoms with E-state index in [1.54, 1.807) is 27.7 Å². The molecule has 8 nitrogen and oxygen atoms in total. The second-order valence-corrected chi connectivity index (χ2v) is 3.28. The molecule has 0 fully saturated rings. The molecule has 0 aliphatic rings. The smallest absolute Gasteiger partial charge is 0.217 e. The van der Waals surface area contributed by atoms with Crippen molar-refractivity contribution in [2.75, 3.05) is 0 Å². The molecule has 124 valence electrons. The fraction of sp³-hybridized carbons (Fsp3) is 0.667. The maximum absolute atomic E-state index is 9.59. The van der Waals surface area contributed by atoms with E-state index in [2.05, 4.69) is 22.9 Å². The molecule has 0 aliphatic heterocycles. The summed E-state index contributed by atoms with van der Waals surface area (Å²) in [5.41, 5.74) is 18.6. The summed E-state index contributed by atoms with van der Waals surface area (Å²) in [6.45, 7) is 6.90. The monoisotopic (exact) mass is 412 g/mol. The molecule has 0 saturated carbocycles. The van der Waals surface area contributed by atoms with Crippen LogP contribution in [-0.2, 0) is 19.2 Å². The van der Waals surface area contributed by atoms with Crippen molar-refractivity contribution < 1.29 is 19.2 Å². The molecular formula is C12H28N4O4Sn. The fourth-order valence-electron chi connectivity index (χ4n) is 0. The molecule has 0 aromatic rings. The Kier molecular flexibility index (Phi) is 41.1. The minimum absolute atomic E-state index is 0. The van der Waals surface area contributed by atoms with Crippen LogP contribution in [0.15, 0.2) is 0 Å². The average molecular weight is 411 g/mol. The van der Waals surface area contributed by atoms with Crippen molar-refractivity contribution in [1.29, 1.82) is 0 Å². The van der Waals surface area contributed by atoms with Crippen LogP contribution >= 0.6 is 0 Å². The van der Waals surface area contributed by atoms with Gasteiger partial charge in [0.15, 0.2) is 0 Å². The molecule has 4 radical (unpaired) electrons. The van der Waals surface area contributed by atoms with E-state index in [-0.39, 0.29) is 47.5 Å². The van der Waals surface area contributed by atoms with E-state index in [9.17, 15) is 19.2 Å². The summed E-state index contributed by atoms with van der Waals surface area (Å²) >= 11 is 0. The molecule has 4 amide bonds. The van der Waals surface area contributed by atoms with E-state index in [1.165, 1.54) is 0 Å². The van der Waals surface area contributed by atoms with Crippen LogP contribution in [0.25, 0.3) is 0 Å². The molecular weight excluding hydrogens is 383 g/mol. The molecule has 21 heavy (non-hydrogen) atoms. The number of carbonyl (C=O) groups is 4. The van der Waals surface area contributed by atoms with Gasteiger partial charge in [-0.25, -0.2) is 0 Å². The molecule has 0 aromatic heterocycles. The van der Waals surface area contributed by atoms with Gasteiger partial charge < -0.3 is 22.9 Å². The van der Waals surface area contributed by atoms with E-state index >= 15 is 0 Å². The van der Waals surface area contributed by atoms with Crippen molar-refractivity contribution in [1.82, 2.24) is 0 Å². The van der Waals surface area contributed by atoms with E-state index in [1.807, 2.05) is 0 Å². The fourth-order valence-corrected chi connectivity index (χ4v) is 0. The van der Waals surface area contributed by atoms with Gasteiger partial charge in [-0.15, -0.1) is 0 Å². The summed E-state index contributed by atoms with van der Waals surface area (Å²) in [5.74, 6) is -0.981. The zero-order valence-electron chi connectivity index (χ0n) is 13.3. The summed E-state index contributed by atoms with van der Waals surface area (Å²) in [5, 5.41) is 0. The Bertz CT molecular complexity index is 230. The molecule has 0 aliphatic carbocycles. The van der Waals surface area contributed by atoms with E-state index in [4.69, 9.17) is 0 Å². The SMILES string of the molecule is CCC(N)=O.CCC(N)=O.CCC(N)=O.CCC(N)=O.[Sn]. The van der Waals surface area contributed by atoms with Gasteiger partial charge in [0, 0.05) is 49.6 Å². The van der Waals surface area contributed by atoms with Crippen LogP contribution in [0, 0.1) is 0 Å². The molecule has 0 aromatic carbocycles. The van der Waals surface area contributed by atoms with Crippen LogP contribution in [0.2, 0.25) is 0 Å². The second kappa shape index (κ2) is 27.1. The maximum Gasteiger partial charge on any atom is 0.217 e. The van der Waals surface area contributed by atoms with Gasteiger partial charge in [-0.1, -0.05) is 27.7 Å². The predicted octanol–water partition coefficient (Wildman–Crippen LogP) is -0.854. The van der Waals surface area contributed by atoms with Crippen molar-refractivity contribution >= 4 is 47.5 Å². The first-order valence-corrected chi connectivity index (χ1v) is 6.21. The number of hydrogen-bond donors (Lipinski definition) is 4. The first-order valence-electron chi connectivity index (χ1n) is 6.21. The molecule has 0 atom stereocenters. The Morgan fingerprint density at radius 1 is 0.524 bits per heavy atom. The van der Waals surface area contributed by atoms with Crippen molar-refractivity contribution in [3.8, 4) is 0 Å². The quantitative estimate of drug-likeness (QED) is 0.442. The van der Waals surface area contributed by atoms with Crippen molar-refractivity contribution in [2.45, 2.75) is 53.4 Å². The molecule has 0 unspecified atom stereocenters. The third kappa shape index (κ3) is 116. The number of hydrogen-bond acceptors (Lipinski definition) is 4. The zero-order chi connectivity index (χ0) is 17.1. The van der Waals surface area contributed by atoms with Crippen molar-refractivity contribution in [3.63, 3.8) is 0 Å². The predicted molar refractivity (Wildman–Crippen MR) is 83.7 cm³/mol. The van der Waals surface area contributed by atoms with E-state index in [0.717, 1.165) is 0 Å². The van der Waals surface area contributed by atoms with Gasteiger partial charge in [0.1, 0.15) is 0 Å². The summed E-state index contributed by atoms with van der Waals surface area (Å²) in [6, 6.07) is 0. The van der Waals surface area contributed by atoms with Crippen molar-refractivity contribution in [2.24, 2.45) is 22.9 Å². The standard InChI is InChI=1S/4C3H7NO.Sn/c4*1-2-3(4)5;/h4*2H2,1H3,(H2,4,5);. The number of rotatable bonds is 4. The average Bonchev–Trinajstić information content (AvgIpc) is 2.40. The topological polar surface area (TPSA) is 172 Å². The molecule has 0 bridgehead atoms. The Hall–Kier alpha value is -1.32. The summed E-state index contributed by atoms with van der Waals surface area (Å²) in [4.78, 5) is 38.4. The zero-order valence-corrected chi connectivity index (χ0v) is 16.1. The van der Waals surface area contributed by atoms with Crippen molar-refractivity contribution in [3.05, 3.63) is 0 Å². The normalized spacial score (nSPS) is 7.05. The van der Waals surface area contributed by atoms with Gasteiger partial charge in [-0.05, 0) is 0 Å². The van der Waals surface area contributed by atoms with Crippen LogP contribution in [0.1, 0.15) is 53.4 Å². The van der Waals surface area contributed by atoms with E-state index in [0.29, 0.717) is 25.7 Å². The Labute approximate surface area is 143 Å². The van der Waals surface area contributed by atoms with Crippen LogP contribution in [-0.4, -0.2) is 47.5 Å². The largest absolute Gasteiger partial charge is 0.370 e. The molecule has 0 heterocycles. The number of amides is 4. The Balaban J connectivity index is -0.0000000533. The van der Waals surface area contributed by atoms with Gasteiger partial charge in [-0.2, -0.15) is 0 Å². The molecule has 0 spiro atoms. The number of nitrogens with two attached hydrogens (primary N) is 4. The third-order valence-corrected chi connectivity index (χ3v) is 1.39. The summed E-state index contributed by atoms with van der Waals surface area (Å²) in [7, 11) is 0. The third-order valence-electron chi connectivity index (χ3n) is 1.39. The Morgan fingerprint density at radius 2 is 0.571 bits per heavy atom.